The van der Waals surface area contributed by atoms with Gasteiger partial charge in [0.15, 0.2) is 5.96 Å². The van der Waals surface area contributed by atoms with Gasteiger partial charge < -0.3 is 19.9 Å². The molecule has 7 heteroatoms. The molecule has 1 aliphatic heterocycles. The Bertz CT molecular complexity index is 436. The van der Waals surface area contributed by atoms with E-state index in [4.69, 9.17) is 4.74 Å². The highest BCUT2D eigenvalue weighted by atomic mass is 127. The Morgan fingerprint density at radius 3 is 2.38 bits per heavy atom. The molecular weight excluding hydrogens is 419 g/mol. The molecule has 0 radical (unpaired) electrons. The van der Waals surface area contributed by atoms with E-state index >= 15 is 0 Å². The van der Waals surface area contributed by atoms with Crippen LogP contribution in [0.5, 0.6) is 0 Å². The maximum Gasteiger partial charge on any atom is 0.243 e. The predicted molar refractivity (Wildman–Crippen MR) is 110 cm³/mol. The molecule has 0 aromatic carbocycles. The van der Waals surface area contributed by atoms with Gasteiger partial charge in [0.05, 0.1) is 0 Å². The van der Waals surface area contributed by atoms with Crippen LogP contribution in [0.4, 0.5) is 0 Å². The molecule has 1 N–H and O–H groups in total. The molecule has 0 saturated carbocycles. The van der Waals surface area contributed by atoms with Crippen molar-refractivity contribution < 1.29 is 9.53 Å². The average Bonchev–Trinajstić information content (AvgIpc) is 2.47. The number of amides is 1. The monoisotopic (exact) mass is 454 g/mol. The van der Waals surface area contributed by atoms with Crippen molar-refractivity contribution in [2.75, 3.05) is 46.9 Å². The first-order chi connectivity index (χ1) is 10.6. The molecule has 142 valence electrons. The van der Waals surface area contributed by atoms with Gasteiger partial charge in [-0.25, -0.2) is 4.99 Å². The Hall–Kier alpha value is -0.570. The number of carbonyl (C=O) groups excluding carboxylic acids is 1. The molecule has 0 aromatic rings. The van der Waals surface area contributed by atoms with Crippen LogP contribution in [0.2, 0.25) is 0 Å². The van der Waals surface area contributed by atoms with Crippen molar-refractivity contribution in [1.82, 2.24) is 15.1 Å². The van der Waals surface area contributed by atoms with Crippen LogP contribution in [0, 0.1) is 5.41 Å². The van der Waals surface area contributed by atoms with Gasteiger partial charge in [-0.05, 0) is 27.2 Å². The Morgan fingerprint density at radius 1 is 1.29 bits per heavy atom. The molecule has 0 aliphatic carbocycles. The summed E-state index contributed by atoms with van der Waals surface area (Å²) < 4.78 is 5.37. The lowest BCUT2D eigenvalue weighted by Gasteiger charge is -2.62. The lowest BCUT2D eigenvalue weighted by atomic mass is 9.65. The minimum atomic E-state index is 0. The average molecular weight is 454 g/mol. The number of nitrogens with one attached hydrogen (secondary N) is 1. The van der Waals surface area contributed by atoms with E-state index in [9.17, 15) is 4.79 Å². The fourth-order valence-electron chi connectivity index (χ4n) is 2.44. The van der Waals surface area contributed by atoms with Crippen LogP contribution in [0.15, 0.2) is 4.99 Å². The number of hydrogen-bond acceptors (Lipinski definition) is 3. The standard InChI is InChI=1S/C17H34N4O2.HI/c1-8-23-11-9-10-18-15(19-12-14(22)20(6)7)21-13-16(2,3)17(21,4)5;/h8-13H2,1-7H3,(H,18,19);1H. The number of halogens is 1. The molecule has 1 amide bonds. The maximum atomic E-state index is 11.8. The van der Waals surface area contributed by atoms with Gasteiger partial charge in [-0.2, -0.15) is 0 Å². The molecule has 6 nitrogen and oxygen atoms in total. The topological polar surface area (TPSA) is 57.2 Å². The van der Waals surface area contributed by atoms with Crippen LogP contribution in [0.3, 0.4) is 0 Å². The van der Waals surface area contributed by atoms with Gasteiger partial charge in [0, 0.05) is 51.4 Å². The van der Waals surface area contributed by atoms with Gasteiger partial charge >= 0.3 is 0 Å². The zero-order valence-electron chi connectivity index (χ0n) is 16.3. The molecule has 0 aromatic heterocycles. The second kappa shape index (κ2) is 9.79. The molecule has 1 heterocycles. The van der Waals surface area contributed by atoms with Crippen molar-refractivity contribution in [1.29, 1.82) is 0 Å². The third kappa shape index (κ3) is 5.75. The largest absolute Gasteiger partial charge is 0.382 e. The van der Waals surface area contributed by atoms with Gasteiger partial charge in [-0.15, -0.1) is 24.0 Å². The third-order valence-electron chi connectivity index (χ3n) is 4.96. The minimum Gasteiger partial charge on any atom is -0.382 e. The summed E-state index contributed by atoms with van der Waals surface area (Å²) in [7, 11) is 3.51. The number of nitrogens with zero attached hydrogens (tertiary/aromatic N) is 3. The van der Waals surface area contributed by atoms with E-state index in [1.54, 1.807) is 19.0 Å². The molecule has 24 heavy (non-hydrogen) atoms. The fourth-order valence-corrected chi connectivity index (χ4v) is 2.44. The zero-order chi connectivity index (χ0) is 17.7. The first kappa shape index (κ1) is 23.4. The van der Waals surface area contributed by atoms with Crippen molar-refractivity contribution in [3.05, 3.63) is 0 Å². The second-order valence-corrected chi connectivity index (χ2v) is 7.43. The number of hydrogen-bond donors (Lipinski definition) is 1. The van der Waals surface area contributed by atoms with Crippen LogP contribution in [-0.2, 0) is 9.53 Å². The van der Waals surface area contributed by atoms with Crippen molar-refractivity contribution in [3.8, 4) is 0 Å². The lowest BCUT2D eigenvalue weighted by Crippen LogP contribution is -2.72. The summed E-state index contributed by atoms with van der Waals surface area (Å²) in [6.07, 6.45) is 0.923. The number of likely N-dealkylation sites (N-methyl/N-ethyl adjacent to an activating group) is 1. The summed E-state index contributed by atoms with van der Waals surface area (Å²) >= 11 is 0. The summed E-state index contributed by atoms with van der Waals surface area (Å²) in [6, 6.07) is 0. The van der Waals surface area contributed by atoms with Gasteiger partial charge in [0.2, 0.25) is 5.91 Å². The summed E-state index contributed by atoms with van der Waals surface area (Å²) in [4.78, 5) is 20.2. The number of likely N-dealkylation sites (tertiary alicyclic amines) is 1. The molecule has 0 atom stereocenters. The molecule has 0 spiro atoms. The molecular formula is C17H35IN4O2. The van der Waals surface area contributed by atoms with E-state index < -0.39 is 0 Å². The number of guanidine groups is 1. The highest BCUT2D eigenvalue weighted by Crippen LogP contribution is 2.46. The van der Waals surface area contributed by atoms with Crippen molar-refractivity contribution in [2.24, 2.45) is 10.4 Å². The summed E-state index contributed by atoms with van der Waals surface area (Å²) in [6.45, 7) is 14.4. The quantitative estimate of drug-likeness (QED) is 0.277. The smallest absolute Gasteiger partial charge is 0.243 e. The third-order valence-corrected chi connectivity index (χ3v) is 4.96. The number of ether oxygens (including phenoxy) is 1. The SMILES string of the molecule is CCOCCCNC(=NCC(=O)N(C)C)N1CC(C)(C)C1(C)C.I. The number of rotatable bonds is 7. The van der Waals surface area contributed by atoms with Gasteiger partial charge in [0.25, 0.3) is 0 Å². The molecule has 1 rings (SSSR count). The van der Waals surface area contributed by atoms with E-state index in [1.807, 2.05) is 6.92 Å². The zero-order valence-corrected chi connectivity index (χ0v) is 18.6. The lowest BCUT2D eigenvalue weighted by molar-refractivity contribution is -0.127. The Morgan fingerprint density at radius 2 is 1.92 bits per heavy atom. The van der Waals surface area contributed by atoms with Crippen molar-refractivity contribution in [3.63, 3.8) is 0 Å². The van der Waals surface area contributed by atoms with E-state index in [0.717, 1.165) is 38.7 Å². The number of aliphatic imine (C=N–C) groups is 1. The summed E-state index contributed by atoms with van der Waals surface area (Å²) in [5.74, 6) is 0.831. The molecule has 0 bridgehead atoms. The number of carbonyl (C=O) groups is 1. The van der Waals surface area contributed by atoms with Gasteiger partial charge in [-0.3, -0.25) is 4.79 Å². The highest BCUT2D eigenvalue weighted by molar-refractivity contribution is 14.0. The van der Waals surface area contributed by atoms with E-state index in [0.29, 0.717) is 0 Å². The maximum absolute atomic E-state index is 11.8. The Kier molecular flexibility index (Phi) is 9.56. The first-order valence-corrected chi connectivity index (χ1v) is 8.47. The van der Waals surface area contributed by atoms with E-state index in [2.05, 4.69) is 42.9 Å². The van der Waals surface area contributed by atoms with Crippen LogP contribution < -0.4 is 5.32 Å². The second-order valence-electron chi connectivity index (χ2n) is 7.43. The van der Waals surface area contributed by atoms with Crippen LogP contribution in [0.25, 0.3) is 0 Å². The predicted octanol–water partition coefficient (Wildman–Crippen LogP) is 2.19. The first-order valence-electron chi connectivity index (χ1n) is 8.47. The van der Waals surface area contributed by atoms with Crippen LogP contribution in [-0.4, -0.2) is 74.1 Å². The normalized spacial score (nSPS) is 18.5. The molecule has 0 unspecified atom stereocenters. The van der Waals surface area contributed by atoms with Crippen LogP contribution >= 0.6 is 24.0 Å². The Labute approximate surface area is 164 Å². The fraction of sp³-hybridized carbons (Fsp3) is 0.882. The molecule has 1 aliphatic rings. The Balaban J connectivity index is 0.00000529. The van der Waals surface area contributed by atoms with Gasteiger partial charge in [0.1, 0.15) is 6.54 Å². The molecule has 1 fully saturated rings. The van der Waals surface area contributed by atoms with Crippen LogP contribution in [0.1, 0.15) is 41.0 Å². The molecule has 1 saturated heterocycles. The highest BCUT2D eigenvalue weighted by Gasteiger charge is 2.53. The van der Waals surface area contributed by atoms with E-state index in [-0.39, 0.29) is 47.4 Å². The summed E-state index contributed by atoms with van der Waals surface area (Å²) in [5, 5.41) is 3.39. The van der Waals surface area contributed by atoms with E-state index in [1.165, 1.54) is 0 Å². The summed E-state index contributed by atoms with van der Waals surface area (Å²) in [5.41, 5.74) is 0.242. The minimum absolute atomic E-state index is 0. The van der Waals surface area contributed by atoms with Crippen molar-refractivity contribution >= 4 is 35.8 Å². The van der Waals surface area contributed by atoms with Gasteiger partial charge in [-0.1, -0.05) is 13.8 Å². The van der Waals surface area contributed by atoms with Crippen molar-refractivity contribution in [2.45, 2.75) is 46.6 Å².